The van der Waals surface area contributed by atoms with Gasteiger partial charge in [-0.3, -0.25) is 4.79 Å². The van der Waals surface area contributed by atoms with Crippen molar-refractivity contribution in [2.45, 2.75) is 38.1 Å². The zero-order chi connectivity index (χ0) is 21.0. The summed E-state index contributed by atoms with van der Waals surface area (Å²) in [6.07, 6.45) is 5.95. The van der Waals surface area contributed by atoms with Crippen molar-refractivity contribution in [2.24, 2.45) is 5.16 Å². The predicted molar refractivity (Wildman–Crippen MR) is 115 cm³/mol. The number of oxime groups is 1. The number of aryl methyl sites for hydroxylation is 1. The van der Waals surface area contributed by atoms with E-state index in [1.807, 2.05) is 16.7 Å². The van der Waals surface area contributed by atoms with E-state index in [0.29, 0.717) is 22.4 Å². The molecule has 2 aromatic heterocycles. The van der Waals surface area contributed by atoms with Gasteiger partial charge in [-0.25, -0.2) is 4.79 Å². The molecule has 8 heteroatoms. The molecule has 3 aromatic rings. The number of carboxylic acid groups (broad SMARTS) is 1. The first-order chi connectivity index (χ1) is 14.5. The molecule has 0 radical (unpaired) electrons. The fraction of sp³-hybridized carbons (Fsp3) is 0.318. The molecule has 30 heavy (non-hydrogen) atoms. The minimum Gasteiger partial charge on any atom is -0.494 e. The molecule has 0 unspecified atom stereocenters. The number of hydrogen-bond donors (Lipinski definition) is 2. The maximum Gasteiger partial charge on any atom is 0.341 e. The number of aromatic carboxylic acids is 1. The Morgan fingerprint density at radius 3 is 2.73 bits per heavy atom. The number of fused-ring (bicyclic) bond motifs is 2. The van der Waals surface area contributed by atoms with E-state index in [1.54, 1.807) is 24.5 Å². The normalized spacial score (nSPS) is 17.3. The van der Waals surface area contributed by atoms with Crippen LogP contribution in [0.3, 0.4) is 0 Å². The summed E-state index contributed by atoms with van der Waals surface area (Å²) in [5, 5.41) is 22.6. The highest BCUT2D eigenvalue weighted by Crippen LogP contribution is 2.45. The molecule has 2 heterocycles. The molecule has 0 amide bonds. The average molecular weight is 424 g/mol. The molecular weight excluding hydrogens is 404 g/mol. The second-order valence-corrected chi connectivity index (χ2v) is 8.84. The number of nitrogens with zero attached hydrogens (tertiary/aromatic N) is 2. The van der Waals surface area contributed by atoms with Gasteiger partial charge in [-0.1, -0.05) is 5.16 Å². The fourth-order valence-corrected chi connectivity index (χ4v) is 5.50. The zero-order valence-corrected chi connectivity index (χ0v) is 17.2. The van der Waals surface area contributed by atoms with Crippen molar-refractivity contribution in [3.8, 4) is 16.2 Å². The summed E-state index contributed by atoms with van der Waals surface area (Å²) in [6.45, 7) is 0. The Morgan fingerprint density at radius 2 is 2.07 bits per heavy atom. The Bertz CT molecular complexity index is 1280. The van der Waals surface area contributed by atoms with Gasteiger partial charge in [-0.05, 0) is 50.3 Å². The summed E-state index contributed by atoms with van der Waals surface area (Å²) < 4.78 is 7.68. The van der Waals surface area contributed by atoms with E-state index < -0.39 is 11.4 Å². The number of aromatic nitrogens is 1. The third kappa shape index (κ3) is 2.82. The quantitative estimate of drug-likeness (QED) is 0.481. The van der Waals surface area contributed by atoms with Crippen molar-refractivity contribution in [3.05, 3.63) is 50.6 Å². The molecule has 0 saturated heterocycles. The molecule has 1 fully saturated rings. The maximum atomic E-state index is 12.8. The summed E-state index contributed by atoms with van der Waals surface area (Å²) in [7, 11) is 1.57. The molecule has 0 atom stereocenters. The van der Waals surface area contributed by atoms with Crippen LogP contribution in [0.4, 0.5) is 0 Å². The average Bonchev–Trinajstić information content (AvgIpc) is 3.50. The summed E-state index contributed by atoms with van der Waals surface area (Å²) in [5.41, 5.74) is 2.42. The van der Waals surface area contributed by atoms with Crippen LogP contribution in [0.25, 0.3) is 21.3 Å². The molecular formula is C22H20N2O5S. The van der Waals surface area contributed by atoms with Crippen LogP contribution < -0.4 is 10.2 Å². The molecule has 2 aliphatic rings. The van der Waals surface area contributed by atoms with Crippen LogP contribution >= 0.6 is 11.3 Å². The van der Waals surface area contributed by atoms with Crippen LogP contribution in [0.1, 0.15) is 52.5 Å². The number of benzene rings is 1. The lowest BCUT2D eigenvalue weighted by molar-refractivity contribution is 0.0695. The smallest absolute Gasteiger partial charge is 0.341 e. The Hall–Kier alpha value is -3.13. The molecule has 154 valence electrons. The Morgan fingerprint density at radius 1 is 1.27 bits per heavy atom. The number of thiophene rings is 1. The minimum absolute atomic E-state index is 0.167. The number of hydrogen-bond acceptors (Lipinski definition) is 6. The van der Waals surface area contributed by atoms with E-state index in [4.69, 9.17) is 4.74 Å². The van der Waals surface area contributed by atoms with E-state index in [2.05, 4.69) is 5.16 Å². The maximum absolute atomic E-state index is 12.8. The van der Waals surface area contributed by atoms with Gasteiger partial charge < -0.3 is 19.6 Å². The van der Waals surface area contributed by atoms with Crippen LogP contribution in [0.2, 0.25) is 0 Å². The van der Waals surface area contributed by atoms with E-state index in [-0.39, 0.29) is 11.6 Å². The number of ether oxygens (including phenoxy) is 1. The molecule has 2 aliphatic carbocycles. The van der Waals surface area contributed by atoms with Gasteiger partial charge in [0, 0.05) is 33.1 Å². The van der Waals surface area contributed by atoms with E-state index in [0.717, 1.165) is 48.1 Å². The lowest BCUT2D eigenvalue weighted by Gasteiger charge is -2.17. The topological polar surface area (TPSA) is 101 Å². The fourth-order valence-electron chi connectivity index (χ4n) is 4.26. The van der Waals surface area contributed by atoms with Crippen LogP contribution in [-0.2, 0) is 6.42 Å². The SMILES string of the molecule is COc1c(-c2cc3c(s2)CCC/C3=N\O)ccc2c(=O)c(C(=O)O)cn(C3CC3)c12. The van der Waals surface area contributed by atoms with Gasteiger partial charge in [0.25, 0.3) is 0 Å². The lowest BCUT2D eigenvalue weighted by atomic mass is 9.96. The molecule has 0 aliphatic heterocycles. The number of methoxy groups -OCH3 is 1. The van der Waals surface area contributed by atoms with Crippen molar-refractivity contribution in [2.75, 3.05) is 7.11 Å². The van der Waals surface area contributed by atoms with Crippen LogP contribution in [0.5, 0.6) is 5.75 Å². The van der Waals surface area contributed by atoms with Gasteiger partial charge in [-0.2, -0.15) is 0 Å². The van der Waals surface area contributed by atoms with Gasteiger partial charge in [0.15, 0.2) is 5.75 Å². The zero-order valence-electron chi connectivity index (χ0n) is 16.3. The highest BCUT2D eigenvalue weighted by atomic mass is 32.1. The second kappa shape index (κ2) is 6.98. The molecule has 1 saturated carbocycles. The van der Waals surface area contributed by atoms with Gasteiger partial charge in [0.05, 0.1) is 23.7 Å². The Balaban J connectivity index is 1.79. The molecule has 2 N–H and O–H groups in total. The Labute approximate surface area is 175 Å². The van der Waals surface area contributed by atoms with Crippen molar-refractivity contribution in [1.29, 1.82) is 0 Å². The third-order valence-electron chi connectivity index (χ3n) is 5.85. The molecule has 7 nitrogen and oxygen atoms in total. The third-order valence-corrected chi connectivity index (χ3v) is 7.07. The van der Waals surface area contributed by atoms with E-state index in [9.17, 15) is 19.9 Å². The first kappa shape index (κ1) is 18.9. The monoisotopic (exact) mass is 424 g/mol. The molecule has 0 bridgehead atoms. The predicted octanol–water partition coefficient (Wildman–Crippen LogP) is 4.29. The lowest BCUT2D eigenvalue weighted by Crippen LogP contribution is -2.19. The summed E-state index contributed by atoms with van der Waals surface area (Å²) in [4.78, 5) is 26.6. The second-order valence-electron chi connectivity index (χ2n) is 7.71. The molecule has 1 aromatic carbocycles. The van der Waals surface area contributed by atoms with Crippen molar-refractivity contribution in [1.82, 2.24) is 4.57 Å². The van der Waals surface area contributed by atoms with Crippen molar-refractivity contribution >= 4 is 33.9 Å². The van der Waals surface area contributed by atoms with Crippen LogP contribution in [-0.4, -0.2) is 33.7 Å². The molecule has 5 rings (SSSR count). The summed E-state index contributed by atoms with van der Waals surface area (Å²) in [6, 6.07) is 5.70. The molecule has 0 spiro atoms. The summed E-state index contributed by atoms with van der Waals surface area (Å²) in [5.74, 6) is -0.657. The van der Waals surface area contributed by atoms with E-state index >= 15 is 0 Å². The van der Waals surface area contributed by atoms with Crippen molar-refractivity contribution in [3.63, 3.8) is 0 Å². The number of rotatable bonds is 4. The van der Waals surface area contributed by atoms with Crippen LogP contribution in [0.15, 0.2) is 34.3 Å². The standard InChI is InChI=1S/C22H20N2O5S/c1-29-21-12(18-9-14-16(23-28)3-2-4-17(14)30-18)7-8-13-19(21)24(11-5-6-11)10-15(20(13)25)22(26)27/h7-11,28H,2-6H2,1H3,(H,26,27)/b23-16+. The number of carbonyl (C=O) groups is 1. The van der Waals surface area contributed by atoms with Crippen LogP contribution in [0, 0.1) is 0 Å². The highest BCUT2D eigenvalue weighted by Gasteiger charge is 2.30. The largest absolute Gasteiger partial charge is 0.494 e. The number of carboxylic acids is 1. The highest BCUT2D eigenvalue weighted by molar-refractivity contribution is 7.16. The van der Waals surface area contributed by atoms with Gasteiger partial charge in [-0.15, -0.1) is 11.3 Å². The number of pyridine rings is 1. The first-order valence-corrected chi connectivity index (χ1v) is 10.7. The van der Waals surface area contributed by atoms with E-state index in [1.165, 1.54) is 11.1 Å². The first-order valence-electron chi connectivity index (χ1n) is 9.87. The summed E-state index contributed by atoms with van der Waals surface area (Å²) >= 11 is 1.63. The van der Waals surface area contributed by atoms with Gasteiger partial charge in [0.2, 0.25) is 5.43 Å². The van der Waals surface area contributed by atoms with Crippen molar-refractivity contribution < 1.29 is 19.8 Å². The van der Waals surface area contributed by atoms with Gasteiger partial charge in [0.1, 0.15) is 5.56 Å². The minimum atomic E-state index is -1.22. The van der Waals surface area contributed by atoms with Gasteiger partial charge >= 0.3 is 5.97 Å². The Kier molecular flexibility index (Phi) is 4.39.